The van der Waals surface area contributed by atoms with E-state index in [9.17, 15) is 0 Å². The monoisotopic (exact) mass is 425 g/mol. The summed E-state index contributed by atoms with van der Waals surface area (Å²) in [5, 5.41) is 4.51. The number of piperidine rings is 1. The first-order chi connectivity index (χ1) is 14.3. The smallest absolute Gasteiger partial charge is 0.145 e. The number of aromatic nitrogens is 3. The molecule has 5 nitrogen and oxygen atoms in total. The lowest BCUT2D eigenvalue weighted by Crippen LogP contribution is -2.35. The van der Waals surface area contributed by atoms with Crippen LogP contribution in [0.1, 0.15) is 41.7 Å². The normalized spacial score (nSPS) is 21.0. The molecule has 4 heterocycles. The van der Waals surface area contributed by atoms with E-state index in [1.807, 2.05) is 18.0 Å². The van der Waals surface area contributed by atoms with Crippen LogP contribution in [0.3, 0.4) is 0 Å². The van der Waals surface area contributed by atoms with Gasteiger partial charge in [-0.3, -0.25) is 4.90 Å². The topological polar surface area (TPSA) is 45.2 Å². The first kappa shape index (κ1) is 19.3. The minimum Gasteiger partial charge on any atom is -0.354 e. The number of rotatable bonds is 4. The van der Waals surface area contributed by atoms with Crippen LogP contribution in [-0.2, 0) is 6.54 Å². The van der Waals surface area contributed by atoms with Gasteiger partial charge in [0, 0.05) is 41.6 Å². The standard InChI is InChI=1S/C22H27N5S2/c1-16-5-6-18-17(14-16)21(26-9-12-28-13-10-26)25-20(24-18)15-27-8-3-2-4-19(27)22-23-7-11-29-22/h5-7,11,14,19H,2-4,8-10,12-13,15H2,1H3/t19-/m0/s1. The third-order valence-corrected chi connectivity index (χ3v) is 7.70. The van der Waals surface area contributed by atoms with Crippen molar-refractivity contribution in [3.8, 4) is 0 Å². The predicted molar refractivity (Wildman–Crippen MR) is 123 cm³/mol. The lowest BCUT2D eigenvalue weighted by Gasteiger charge is -2.34. The molecule has 0 radical (unpaired) electrons. The molecule has 152 valence electrons. The summed E-state index contributed by atoms with van der Waals surface area (Å²) in [5.74, 6) is 4.41. The molecule has 7 heteroatoms. The van der Waals surface area contributed by atoms with Gasteiger partial charge in [0.1, 0.15) is 16.6 Å². The zero-order valence-corrected chi connectivity index (χ0v) is 18.5. The summed E-state index contributed by atoms with van der Waals surface area (Å²) in [4.78, 5) is 19.7. The molecule has 1 aromatic carbocycles. The highest BCUT2D eigenvalue weighted by Gasteiger charge is 2.27. The quantitative estimate of drug-likeness (QED) is 0.605. The Kier molecular flexibility index (Phi) is 5.70. The first-order valence-electron chi connectivity index (χ1n) is 10.5. The third-order valence-electron chi connectivity index (χ3n) is 5.88. The molecule has 1 atom stereocenters. The summed E-state index contributed by atoms with van der Waals surface area (Å²) in [6.45, 7) is 6.17. The largest absolute Gasteiger partial charge is 0.354 e. The molecule has 0 aliphatic carbocycles. The number of thiazole rings is 1. The molecular formula is C22H27N5S2. The van der Waals surface area contributed by atoms with E-state index in [1.54, 1.807) is 11.3 Å². The molecule has 0 unspecified atom stereocenters. The van der Waals surface area contributed by atoms with Gasteiger partial charge in [0.15, 0.2) is 0 Å². The van der Waals surface area contributed by atoms with E-state index in [0.717, 1.165) is 43.3 Å². The summed E-state index contributed by atoms with van der Waals surface area (Å²) < 4.78 is 0. The molecule has 0 N–H and O–H groups in total. The zero-order chi connectivity index (χ0) is 19.6. The molecule has 0 amide bonds. The van der Waals surface area contributed by atoms with Gasteiger partial charge < -0.3 is 4.90 Å². The van der Waals surface area contributed by atoms with Crippen LogP contribution in [0.15, 0.2) is 29.8 Å². The molecule has 2 saturated heterocycles. The average Bonchev–Trinajstić information content (AvgIpc) is 3.29. The first-order valence-corrected chi connectivity index (χ1v) is 12.5. The van der Waals surface area contributed by atoms with E-state index in [2.05, 4.69) is 45.3 Å². The number of nitrogens with zero attached hydrogens (tertiary/aromatic N) is 5. The molecule has 0 spiro atoms. The van der Waals surface area contributed by atoms with Crippen molar-refractivity contribution in [3.05, 3.63) is 46.2 Å². The maximum atomic E-state index is 5.12. The highest BCUT2D eigenvalue weighted by atomic mass is 32.2. The number of aryl methyl sites for hydroxylation is 1. The Morgan fingerprint density at radius 2 is 2.00 bits per heavy atom. The Morgan fingerprint density at radius 3 is 2.83 bits per heavy atom. The lowest BCUT2D eigenvalue weighted by atomic mass is 10.0. The Hall–Kier alpha value is -1.70. The number of hydrogen-bond acceptors (Lipinski definition) is 7. The van der Waals surface area contributed by atoms with E-state index in [1.165, 1.54) is 46.7 Å². The Bertz CT molecular complexity index is 969. The van der Waals surface area contributed by atoms with Crippen molar-refractivity contribution in [2.24, 2.45) is 0 Å². The molecular weight excluding hydrogens is 398 g/mol. The molecule has 29 heavy (non-hydrogen) atoms. The fourth-order valence-electron chi connectivity index (χ4n) is 4.40. The Balaban J connectivity index is 1.50. The van der Waals surface area contributed by atoms with Gasteiger partial charge in [-0.05, 0) is 38.4 Å². The summed E-state index contributed by atoms with van der Waals surface area (Å²) in [6.07, 6.45) is 5.62. The molecule has 2 aliphatic rings. The van der Waals surface area contributed by atoms with Crippen LogP contribution in [0.5, 0.6) is 0 Å². The van der Waals surface area contributed by atoms with E-state index in [-0.39, 0.29) is 0 Å². The summed E-state index contributed by atoms with van der Waals surface area (Å²) >= 11 is 3.80. The van der Waals surface area contributed by atoms with Gasteiger partial charge in [0.2, 0.25) is 0 Å². The zero-order valence-electron chi connectivity index (χ0n) is 16.9. The van der Waals surface area contributed by atoms with Crippen LogP contribution >= 0.6 is 23.1 Å². The fraction of sp³-hybridized carbons (Fsp3) is 0.500. The van der Waals surface area contributed by atoms with Crippen molar-refractivity contribution in [3.63, 3.8) is 0 Å². The number of benzene rings is 1. The molecule has 3 aromatic rings. The van der Waals surface area contributed by atoms with E-state index in [4.69, 9.17) is 9.97 Å². The van der Waals surface area contributed by atoms with Gasteiger partial charge in [-0.2, -0.15) is 11.8 Å². The van der Waals surface area contributed by atoms with Gasteiger partial charge in [0.05, 0.1) is 18.1 Å². The van der Waals surface area contributed by atoms with Crippen LogP contribution in [0.2, 0.25) is 0 Å². The maximum absolute atomic E-state index is 5.12. The second-order valence-electron chi connectivity index (χ2n) is 7.94. The minimum atomic E-state index is 0.399. The van der Waals surface area contributed by atoms with Crippen LogP contribution in [0.4, 0.5) is 5.82 Å². The number of thioether (sulfide) groups is 1. The second kappa shape index (κ2) is 8.58. The number of likely N-dealkylation sites (tertiary alicyclic amines) is 1. The van der Waals surface area contributed by atoms with Gasteiger partial charge in [-0.1, -0.05) is 18.1 Å². The predicted octanol–water partition coefficient (Wildman–Crippen LogP) is 4.68. The molecule has 0 saturated carbocycles. The van der Waals surface area contributed by atoms with Gasteiger partial charge in [0.25, 0.3) is 0 Å². The van der Waals surface area contributed by atoms with Crippen LogP contribution in [-0.4, -0.2) is 51.0 Å². The molecule has 2 aromatic heterocycles. The highest BCUT2D eigenvalue weighted by molar-refractivity contribution is 7.99. The minimum absolute atomic E-state index is 0.399. The molecule has 2 aliphatic heterocycles. The molecule has 2 fully saturated rings. The highest BCUT2D eigenvalue weighted by Crippen LogP contribution is 2.34. The van der Waals surface area contributed by atoms with Gasteiger partial charge in [-0.25, -0.2) is 15.0 Å². The van der Waals surface area contributed by atoms with Crippen molar-refractivity contribution in [1.82, 2.24) is 19.9 Å². The number of anilines is 1. The summed E-state index contributed by atoms with van der Waals surface area (Å²) in [6, 6.07) is 6.96. The maximum Gasteiger partial charge on any atom is 0.145 e. The molecule has 5 rings (SSSR count). The van der Waals surface area contributed by atoms with Crippen LogP contribution < -0.4 is 4.90 Å². The van der Waals surface area contributed by atoms with E-state index < -0.39 is 0 Å². The van der Waals surface area contributed by atoms with Crippen molar-refractivity contribution in [2.45, 2.75) is 38.8 Å². The van der Waals surface area contributed by atoms with Gasteiger partial charge in [-0.15, -0.1) is 11.3 Å². The van der Waals surface area contributed by atoms with Crippen molar-refractivity contribution in [1.29, 1.82) is 0 Å². The van der Waals surface area contributed by atoms with Crippen molar-refractivity contribution >= 4 is 39.8 Å². The van der Waals surface area contributed by atoms with E-state index >= 15 is 0 Å². The van der Waals surface area contributed by atoms with Gasteiger partial charge >= 0.3 is 0 Å². The Morgan fingerprint density at radius 1 is 1.10 bits per heavy atom. The fourth-order valence-corrected chi connectivity index (χ4v) is 6.11. The third kappa shape index (κ3) is 4.13. The summed E-state index contributed by atoms with van der Waals surface area (Å²) in [7, 11) is 0. The number of fused-ring (bicyclic) bond motifs is 1. The SMILES string of the molecule is Cc1ccc2nc(CN3CCCC[C@H]3c3nccs3)nc(N3CCSCC3)c2c1. The average molecular weight is 426 g/mol. The van der Waals surface area contributed by atoms with Crippen molar-refractivity contribution in [2.75, 3.05) is 36.0 Å². The van der Waals surface area contributed by atoms with Crippen molar-refractivity contribution < 1.29 is 0 Å². The number of hydrogen-bond donors (Lipinski definition) is 0. The lowest BCUT2D eigenvalue weighted by molar-refractivity contribution is 0.137. The van der Waals surface area contributed by atoms with E-state index in [0.29, 0.717) is 6.04 Å². The van der Waals surface area contributed by atoms with Crippen LogP contribution in [0, 0.1) is 6.92 Å². The Labute approximate surface area is 180 Å². The van der Waals surface area contributed by atoms with Crippen LogP contribution in [0.25, 0.3) is 10.9 Å². The second-order valence-corrected chi connectivity index (χ2v) is 10.1. The molecule has 0 bridgehead atoms. The summed E-state index contributed by atoms with van der Waals surface area (Å²) in [5.41, 5.74) is 2.33.